The van der Waals surface area contributed by atoms with Crippen LogP contribution in [-0.2, 0) is 0 Å². The fourth-order valence-corrected chi connectivity index (χ4v) is 2.98. The smallest absolute Gasteiger partial charge is 0.124 e. The van der Waals surface area contributed by atoms with E-state index in [-0.39, 0.29) is 5.38 Å². The molecule has 0 amide bonds. The van der Waals surface area contributed by atoms with Crippen molar-refractivity contribution in [2.75, 3.05) is 6.61 Å². The molecule has 2 nitrogen and oxygen atoms in total. The van der Waals surface area contributed by atoms with Crippen molar-refractivity contribution < 1.29 is 9.15 Å². The summed E-state index contributed by atoms with van der Waals surface area (Å²) in [5, 5.41) is -0.256. The van der Waals surface area contributed by atoms with Crippen molar-refractivity contribution in [1.82, 2.24) is 0 Å². The van der Waals surface area contributed by atoms with Gasteiger partial charge in [0.1, 0.15) is 17.3 Å². The maximum absolute atomic E-state index is 6.73. The summed E-state index contributed by atoms with van der Waals surface area (Å²) >= 11 is 6.73. The van der Waals surface area contributed by atoms with Gasteiger partial charge in [0, 0.05) is 11.1 Å². The van der Waals surface area contributed by atoms with E-state index in [1.807, 2.05) is 39.8 Å². The molecule has 108 valence electrons. The third-order valence-corrected chi connectivity index (χ3v) is 4.06. The molecule has 1 heterocycles. The molecule has 3 heteroatoms. The van der Waals surface area contributed by atoms with Crippen molar-refractivity contribution in [2.45, 2.75) is 40.0 Å². The number of aryl methyl sites for hydroxylation is 3. The van der Waals surface area contributed by atoms with Crippen LogP contribution in [-0.4, -0.2) is 6.61 Å². The number of furan rings is 1. The Bertz CT molecular complexity index is 614. The predicted octanol–water partition coefficient (Wildman–Crippen LogP) is 5.24. The van der Waals surface area contributed by atoms with Gasteiger partial charge in [-0.2, -0.15) is 0 Å². The lowest BCUT2D eigenvalue weighted by Gasteiger charge is -2.16. The highest BCUT2D eigenvalue weighted by molar-refractivity contribution is 6.23. The summed E-state index contributed by atoms with van der Waals surface area (Å²) < 4.78 is 11.4. The van der Waals surface area contributed by atoms with Gasteiger partial charge < -0.3 is 9.15 Å². The Morgan fingerprint density at radius 1 is 1.15 bits per heavy atom. The molecule has 1 aromatic carbocycles. The van der Waals surface area contributed by atoms with Gasteiger partial charge in [0.25, 0.3) is 0 Å². The maximum Gasteiger partial charge on any atom is 0.124 e. The van der Waals surface area contributed by atoms with Gasteiger partial charge in [-0.1, -0.05) is 17.7 Å². The van der Waals surface area contributed by atoms with Crippen LogP contribution in [0.15, 0.2) is 22.6 Å². The van der Waals surface area contributed by atoms with Crippen LogP contribution in [0, 0.1) is 27.7 Å². The number of hydrogen-bond acceptors (Lipinski definition) is 2. The van der Waals surface area contributed by atoms with E-state index in [0.29, 0.717) is 6.61 Å². The normalized spacial score (nSPS) is 12.5. The lowest BCUT2D eigenvalue weighted by atomic mass is 9.98. The zero-order valence-electron chi connectivity index (χ0n) is 12.7. The Morgan fingerprint density at radius 2 is 1.85 bits per heavy atom. The van der Waals surface area contributed by atoms with Crippen LogP contribution in [0.1, 0.15) is 46.1 Å². The van der Waals surface area contributed by atoms with Crippen LogP contribution in [0.5, 0.6) is 5.75 Å². The summed E-state index contributed by atoms with van der Waals surface area (Å²) in [6.07, 6.45) is 0. The van der Waals surface area contributed by atoms with Crippen LogP contribution in [0.2, 0.25) is 0 Å². The lowest BCUT2D eigenvalue weighted by molar-refractivity contribution is 0.336. The number of ether oxygens (including phenoxy) is 1. The highest BCUT2D eigenvalue weighted by atomic mass is 35.5. The Balaban J connectivity index is 2.52. The third-order valence-electron chi connectivity index (χ3n) is 3.61. The lowest BCUT2D eigenvalue weighted by Crippen LogP contribution is -2.02. The van der Waals surface area contributed by atoms with Crippen LogP contribution >= 0.6 is 11.6 Å². The zero-order chi connectivity index (χ0) is 14.9. The molecule has 0 saturated carbocycles. The Labute approximate surface area is 125 Å². The van der Waals surface area contributed by atoms with Crippen molar-refractivity contribution in [3.63, 3.8) is 0 Å². The molecule has 1 atom stereocenters. The quantitative estimate of drug-likeness (QED) is 0.719. The summed E-state index contributed by atoms with van der Waals surface area (Å²) in [5.41, 5.74) is 4.34. The van der Waals surface area contributed by atoms with Crippen molar-refractivity contribution in [2.24, 2.45) is 0 Å². The molecule has 1 unspecified atom stereocenters. The van der Waals surface area contributed by atoms with Gasteiger partial charge >= 0.3 is 0 Å². The Morgan fingerprint density at radius 3 is 2.40 bits per heavy atom. The van der Waals surface area contributed by atoms with E-state index >= 15 is 0 Å². The van der Waals surface area contributed by atoms with Crippen LogP contribution in [0.4, 0.5) is 0 Å². The number of benzene rings is 1. The molecule has 2 aromatic rings. The first kappa shape index (κ1) is 15.0. The van der Waals surface area contributed by atoms with E-state index in [1.54, 1.807) is 0 Å². The largest absolute Gasteiger partial charge is 0.494 e. The highest BCUT2D eigenvalue weighted by Gasteiger charge is 2.23. The average Bonchev–Trinajstić information content (AvgIpc) is 2.65. The SMILES string of the molecule is CCOc1ccc(C)cc1C(Cl)c1c(C)oc(C)c1C. The summed E-state index contributed by atoms with van der Waals surface area (Å²) in [6.45, 7) is 10.6. The predicted molar refractivity (Wildman–Crippen MR) is 83.0 cm³/mol. The van der Waals surface area contributed by atoms with E-state index in [0.717, 1.165) is 34.0 Å². The first-order valence-corrected chi connectivity index (χ1v) is 7.33. The monoisotopic (exact) mass is 292 g/mol. The molecule has 0 N–H and O–H groups in total. The minimum absolute atomic E-state index is 0.256. The Hall–Kier alpha value is -1.41. The summed E-state index contributed by atoms with van der Waals surface area (Å²) in [4.78, 5) is 0. The minimum atomic E-state index is -0.256. The standard InChI is InChI=1S/C17H21ClO2/c1-6-19-15-8-7-10(2)9-14(15)17(18)16-11(3)12(4)20-13(16)5/h7-9,17H,6H2,1-5H3. The van der Waals surface area contributed by atoms with Gasteiger partial charge in [-0.15, -0.1) is 11.6 Å². The number of halogens is 1. The molecule has 0 aliphatic heterocycles. The van der Waals surface area contributed by atoms with E-state index < -0.39 is 0 Å². The van der Waals surface area contributed by atoms with Gasteiger partial charge in [-0.05, 0) is 46.2 Å². The van der Waals surface area contributed by atoms with Gasteiger partial charge in [-0.25, -0.2) is 0 Å². The van der Waals surface area contributed by atoms with Crippen LogP contribution in [0.3, 0.4) is 0 Å². The van der Waals surface area contributed by atoms with Crippen molar-refractivity contribution >= 4 is 11.6 Å². The number of rotatable bonds is 4. The molecule has 0 saturated heterocycles. The first-order valence-electron chi connectivity index (χ1n) is 6.89. The number of alkyl halides is 1. The maximum atomic E-state index is 6.73. The van der Waals surface area contributed by atoms with E-state index in [4.69, 9.17) is 20.8 Å². The van der Waals surface area contributed by atoms with Gasteiger partial charge in [0.2, 0.25) is 0 Å². The summed E-state index contributed by atoms with van der Waals surface area (Å²) in [6, 6.07) is 6.11. The van der Waals surface area contributed by atoms with Gasteiger partial charge in [0.05, 0.1) is 12.0 Å². The first-order chi connectivity index (χ1) is 9.45. The van der Waals surface area contributed by atoms with Gasteiger partial charge in [-0.3, -0.25) is 0 Å². The molecule has 1 aromatic heterocycles. The second kappa shape index (κ2) is 5.92. The second-order valence-electron chi connectivity index (χ2n) is 5.09. The molecule has 0 aliphatic rings. The topological polar surface area (TPSA) is 22.4 Å². The average molecular weight is 293 g/mol. The molecule has 0 aliphatic carbocycles. The van der Waals surface area contributed by atoms with Crippen molar-refractivity contribution in [3.8, 4) is 5.75 Å². The van der Waals surface area contributed by atoms with Gasteiger partial charge in [0.15, 0.2) is 0 Å². The zero-order valence-corrected chi connectivity index (χ0v) is 13.5. The minimum Gasteiger partial charge on any atom is -0.494 e. The molecular weight excluding hydrogens is 272 g/mol. The van der Waals surface area contributed by atoms with E-state index in [1.165, 1.54) is 5.56 Å². The summed E-state index contributed by atoms with van der Waals surface area (Å²) in [7, 11) is 0. The van der Waals surface area contributed by atoms with Crippen molar-refractivity contribution in [3.05, 3.63) is 52.0 Å². The molecule has 20 heavy (non-hydrogen) atoms. The molecule has 2 rings (SSSR count). The summed E-state index contributed by atoms with van der Waals surface area (Å²) in [5.74, 6) is 2.65. The molecule has 0 radical (unpaired) electrons. The van der Waals surface area contributed by atoms with E-state index in [9.17, 15) is 0 Å². The van der Waals surface area contributed by atoms with E-state index in [2.05, 4.69) is 13.0 Å². The fourth-order valence-electron chi connectivity index (χ4n) is 2.49. The fraction of sp³-hybridized carbons (Fsp3) is 0.412. The molecule has 0 fully saturated rings. The molecular formula is C17H21ClO2. The Kier molecular flexibility index (Phi) is 4.44. The van der Waals surface area contributed by atoms with Crippen LogP contribution < -0.4 is 4.74 Å². The highest BCUT2D eigenvalue weighted by Crippen LogP contribution is 2.40. The number of hydrogen-bond donors (Lipinski definition) is 0. The molecule has 0 spiro atoms. The third kappa shape index (κ3) is 2.71. The van der Waals surface area contributed by atoms with Crippen molar-refractivity contribution in [1.29, 1.82) is 0 Å². The molecule has 0 bridgehead atoms. The van der Waals surface area contributed by atoms with Crippen LogP contribution in [0.25, 0.3) is 0 Å². The second-order valence-corrected chi connectivity index (χ2v) is 5.53.